The lowest BCUT2D eigenvalue weighted by molar-refractivity contribution is -0.120. The number of aryl methyl sites for hydroxylation is 1. The molecule has 1 aromatic carbocycles. The Hall–Kier alpha value is -2.02. The molecule has 0 spiro atoms. The van der Waals surface area contributed by atoms with Gasteiger partial charge in [-0.05, 0) is 42.9 Å². The molecule has 1 atom stereocenters. The number of amides is 1. The summed E-state index contributed by atoms with van der Waals surface area (Å²) in [6.07, 6.45) is 3.98. The van der Waals surface area contributed by atoms with Gasteiger partial charge in [0.15, 0.2) is 11.0 Å². The zero-order valence-corrected chi connectivity index (χ0v) is 17.8. The molecular weight excluding hydrogens is 372 g/mol. The summed E-state index contributed by atoms with van der Waals surface area (Å²) in [6.45, 7) is 8.41. The van der Waals surface area contributed by atoms with Crippen LogP contribution in [0.1, 0.15) is 51.4 Å². The van der Waals surface area contributed by atoms with E-state index in [-0.39, 0.29) is 11.2 Å². The predicted octanol–water partition coefficient (Wildman–Crippen LogP) is 3.84. The molecule has 0 radical (unpaired) electrons. The second kappa shape index (κ2) is 9.96. The second-order valence-electron chi connectivity index (χ2n) is 7.58. The summed E-state index contributed by atoms with van der Waals surface area (Å²) in [7, 11) is 0. The van der Waals surface area contributed by atoms with E-state index >= 15 is 0 Å². The van der Waals surface area contributed by atoms with Crippen molar-refractivity contribution in [1.82, 2.24) is 20.1 Å². The van der Waals surface area contributed by atoms with Gasteiger partial charge in [0, 0.05) is 13.1 Å². The Morgan fingerprint density at radius 1 is 1.25 bits per heavy atom. The van der Waals surface area contributed by atoms with E-state index in [0.29, 0.717) is 12.5 Å². The van der Waals surface area contributed by atoms with Crippen molar-refractivity contribution in [3.05, 3.63) is 35.7 Å². The van der Waals surface area contributed by atoms with E-state index in [2.05, 4.69) is 53.0 Å². The van der Waals surface area contributed by atoms with Gasteiger partial charge in [0.1, 0.15) is 12.4 Å². The van der Waals surface area contributed by atoms with E-state index in [1.807, 2.05) is 12.1 Å². The zero-order valence-electron chi connectivity index (χ0n) is 17.0. The fourth-order valence-corrected chi connectivity index (χ4v) is 4.31. The van der Waals surface area contributed by atoms with Crippen LogP contribution in [0.25, 0.3) is 0 Å². The molecule has 7 heteroatoms. The first-order valence-corrected chi connectivity index (χ1v) is 11.0. The van der Waals surface area contributed by atoms with Crippen LogP contribution in [0, 0.1) is 5.92 Å². The summed E-state index contributed by atoms with van der Waals surface area (Å²) in [4.78, 5) is 12.3. The average Bonchev–Trinajstić information content (AvgIpc) is 2.93. The number of nitrogens with one attached hydrogen (secondary N) is 1. The standard InChI is InChI=1S/C21H30N4O2S/c1-4-16-8-10-17(11-9-16)27-14-19-23-24-21(25(19)13-15(2)3)28-18-7-5-6-12-22-20(18)26/h8-11,15,18H,4-7,12-14H2,1-3H3,(H,22,26)/t18-/m0/s1. The van der Waals surface area contributed by atoms with Gasteiger partial charge in [-0.2, -0.15) is 0 Å². The minimum absolute atomic E-state index is 0.104. The Labute approximate surface area is 171 Å². The first-order chi connectivity index (χ1) is 13.6. The SMILES string of the molecule is CCc1ccc(OCc2nnc(S[C@H]3CCCCNC3=O)n2CC(C)C)cc1. The minimum Gasteiger partial charge on any atom is -0.486 e. The van der Waals surface area contributed by atoms with Crippen molar-refractivity contribution in [3.63, 3.8) is 0 Å². The molecule has 2 heterocycles. The predicted molar refractivity (Wildman–Crippen MR) is 112 cm³/mol. The number of benzene rings is 1. The fourth-order valence-electron chi connectivity index (χ4n) is 3.18. The number of ether oxygens (including phenoxy) is 1. The van der Waals surface area contributed by atoms with E-state index in [0.717, 1.165) is 55.5 Å². The smallest absolute Gasteiger partial charge is 0.233 e. The highest BCUT2D eigenvalue weighted by atomic mass is 32.2. The highest BCUT2D eigenvalue weighted by Crippen LogP contribution is 2.28. The topological polar surface area (TPSA) is 69.0 Å². The van der Waals surface area contributed by atoms with Crippen LogP contribution in [0.4, 0.5) is 0 Å². The van der Waals surface area contributed by atoms with E-state index in [1.54, 1.807) is 0 Å². The van der Waals surface area contributed by atoms with Crippen molar-refractivity contribution in [3.8, 4) is 5.75 Å². The van der Waals surface area contributed by atoms with Crippen LogP contribution < -0.4 is 10.1 Å². The molecule has 6 nitrogen and oxygen atoms in total. The van der Waals surface area contributed by atoms with Crippen LogP contribution in [0.2, 0.25) is 0 Å². The Morgan fingerprint density at radius 3 is 2.75 bits per heavy atom. The lowest BCUT2D eigenvalue weighted by Gasteiger charge is -2.16. The number of carbonyl (C=O) groups excluding carboxylic acids is 1. The number of thioether (sulfide) groups is 1. The van der Waals surface area contributed by atoms with Crippen LogP contribution in [-0.4, -0.2) is 32.5 Å². The molecule has 0 saturated carbocycles. The maximum Gasteiger partial charge on any atom is 0.233 e. The molecule has 152 valence electrons. The lowest BCUT2D eigenvalue weighted by atomic mass is 10.2. The quantitative estimate of drug-likeness (QED) is 0.727. The van der Waals surface area contributed by atoms with Crippen LogP contribution in [0.15, 0.2) is 29.4 Å². The summed E-state index contributed by atoms with van der Waals surface area (Å²) in [5, 5.41) is 12.4. The third-order valence-electron chi connectivity index (χ3n) is 4.77. The van der Waals surface area contributed by atoms with Gasteiger partial charge in [-0.3, -0.25) is 4.79 Å². The molecule has 0 bridgehead atoms. The molecule has 28 heavy (non-hydrogen) atoms. The van der Waals surface area contributed by atoms with Gasteiger partial charge in [0.05, 0.1) is 5.25 Å². The number of aromatic nitrogens is 3. The number of hydrogen-bond acceptors (Lipinski definition) is 5. The summed E-state index contributed by atoms with van der Waals surface area (Å²) in [5.41, 5.74) is 1.29. The van der Waals surface area contributed by atoms with Gasteiger partial charge in [-0.15, -0.1) is 10.2 Å². The molecule has 1 fully saturated rings. The summed E-state index contributed by atoms with van der Waals surface area (Å²) >= 11 is 1.52. The number of carbonyl (C=O) groups is 1. The van der Waals surface area contributed by atoms with Crippen molar-refractivity contribution in [2.24, 2.45) is 5.92 Å². The third kappa shape index (κ3) is 5.50. The second-order valence-corrected chi connectivity index (χ2v) is 8.75. The molecule has 1 aliphatic heterocycles. The van der Waals surface area contributed by atoms with Gasteiger partial charge >= 0.3 is 0 Å². The Balaban J connectivity index is 1.72. The lowest BCUT2D eigenvalue weighted by Crippen LogP contribution is -2.31. The van der Waals surface area contributed by atoms with Crippen LogP contribution in [0.3, 0.4) is 0 Å². The maximum absolute atomic E-state index is 12.3. The molecule has 1 aliphatic rings. The zero-order chi connectivity index (χ0) is 19.9. The van der Waals surface area contributed by atoms with Crippen molar-refractivity contribution < 1.29 is 9.53 Å². The molecular formula is C21H30N4O2S. The fraction of sp³-hybridized carbons (Fsp3) is 0.571. The maximum atomic E-state index is 12.3. The molecule has 1 saturated heterocycles. The molecule has 0 unspecified atom stereocenters. The molecule has 0 aliphatic carbocycles. The van der Waals surface area contributed by atoms with E-state index < -0.39 is 0 Å². The monoisotopic (exact) mass is 402 g/mol. The molecule has 1 amide bonds. The Kier molecular flexibility index (Phi) is 7.36. The van der Waals surface area contributed by atoms with Gasteiger partial charge in [0.25, 0.3) is 0 Å². The number of nitrogens with zero attached hydrogens (tertiary/aromatic N) is 3. The van der Waals surface area contributed by atoms with E-state index in [9.17, 15) is 4.79 Å². The molecule has 1 N–H and O–H groups in total. The molecule has 3 rings (SSSR count). The Bertz CT molecular complexity index is 773. The van der Waals surface area contributed by atoms with Crippen molar-refractivity contribution >= 4 is 17.7 Å². The van der Waals surface area contributed by atoms with E-state index in [1.165, 1.54) is 17.3 Å². The normalized spacial score (nSPS) is 17.4. The van der Waals surface area contributed by atoms with Crippen LogP contribution in [-0.2, 0) is 24.4 Å². The van der Waals surface area contributed by atoms with Crippen LogP contribution >= 0.6 is 11.8 Å². The van der Waals surface area contributed by atoms with Crippen molar-refractivity contribution in [1.29, 1.82) is 0 Å². The first-order valence-electron chi connectivity index (χ1n) is 10.1. The molecule has 2 aromatic rings. The number of hydrogen-bond donors (Lipinski definition) is 1. The minimum atomic E-state index is -0.104. The van der Waals surface area contributed by atoms with Crippen molar-refractivity contribution in [2.75, 3.05) is 6.54 Å². The Morgan fingerprint density at radius 2 is 2.04 bits per heavy atom. The van der Waals surface area contributed by atoms with Crippen molar-refractivity contribution in [2.45, 2.75) is 70.0 Å². The van der Waals surface area contributed by atoms with E-state index in [4.69, 9.17) is 4.74 Å². The van der Waals surface area contributed by atoms with Gasteiger partial charge in [-0.25, -0.2) is 0 Å². The summed E-state index contributed by atoms with van der Waals surface area (Å²) in [5.74, 6) is 2.18. The summed E-state index contributed by atoms with van der Waals surface area (Å²) in [6, 6.07) is 8.15. The van der Waals surface area contributed by atoms with Crippen LogP contribution in [0.5, 0.6) is 5.75 Å². The summed E-state index contributed by atoms with van der Waals surface area (Å²) < 4.78 is 8.05. The number of rotatable bonds is 8. The van der Waals surface area contributed by atoms with Gasteiger partial charge < -0.3 is 14.6 Å². The van der Waals surface area contributed by atoms with Gasteiger partial charge in [0.2, 0.25) is 5.91 Å². The highest BCUT2D eigenvalue weighted by molar-refractivity contribution is 8.00. The third-order valence-corrected chi connectivity index (χ3v) is 6.02. The van der Waals surface area contributed by atoms with Gasteiger partial charge in [-0.1, -0.05) is 51.1 Å². The first kappa shape index (κ1) is 20.7. The highest BCUT2D eigenvalue weighted by Gasteiger charge is 2.25. The molecule has 1 aromatic heterocycles. The largest absolute Gasteiger partial charge is 0.486 e. The average molecular weight is 403 g/mol.